The second-order valence-corrected chi connectivity index (χ2v) is 10.3. The lowest BCUT2D eigenvalue weighted by molar-refractivity contribution is -0.142. The molecule has 0 spiro atoms. The lowest BCUT2D eigenvalue weighted by atomic mass is 9.98. The highest BCUT2D eigenvalue weighted by Gasteiger charge is 2.35. The van der Waals surface area contributed by atoms with Gasteiger partial charge >= 0.3 is 6.09 Å². The van der Waals surface area contributed by atoms with Gasteiger partial charge in [0.2, 0.25) is 11.8 Å². The molecule has 0 aromatic heterocycles. The van der Waals surface area contributed by atoms with Crippen LogP contribution < -0.4 is 10.6 Å². The minimum absolute atomic E-state index is 0.00801. The van der Waals surface area contributed by atoms with Gasteiger partial charge in [-0.25, -0.2) is 4.79 Å². The monoisotopic (exact) mass is 475 g/mol. The Balaban J connectivity index is 3.36. The van der Waals surface area contributed by atoms with Gasteiger partial charge in [0.15, 0.2) is 0 Å². The maximum absolute atomic E-state index is 13.6. The van der Waals surface area contributed by atoms with Gasteiger partial charge in [0.25, 0.3) is 0 Å². The minimum Gasteiger partial charge on any atom is -0.444 e. The fraction of sp³-hybridized carbons (Fsp3) is 0.667. The average molecular weight is 476 g/mol. The fourth-order valence-corrected chi connectivity index (χ4v) is 3.96. The van der Waals surface area contributed by atoms with Crippen molar-refractivity contribution in [3.05, 3.63) is 34.9 Å². The summed E-state index contributed by atoms with van der Waals surface area (Å²) in [6.45, 7) is 17.4. The van der Waals surface area contributed by atoms with Crippen LogP contribution in [0.25, 0.3) is 0 Å². The Morgan fingerprint density at radius 1 is 0.971 bits per heavy atom. The number of unbranched alkanes of at least 4 members (excludes halogenated alkanes) is 1. The van der Waals surface area contributed by atoms with E-state index in [-0.39, 0.29) is 17.9 Å². The van der Waals surface area contributed by atoms with Gasteiger partial charge in [-0.2, -0.15) is 0 Å². The first-order valence-electron chi connectivity index (χ1n) is 12.5. The number of benzene rings is 1. The molecule has 2 N–H and O–H groups in total. The largest absolute Gasteiger partial charge is 0.444 e. The van der Waals surface area contributed by atoms with E-state index in [4.69, 9.17) is 4.74 Å². The molecule has 3 atom stereocenters. The molecule has 192 valence electrons. The molecule has 7 heteroatoms. The maximum atomic E-state index is 13.6. The summed E-state index contributed by atoms with van der Waals surface area (Å²) in [5.41, 5.74) is 2.15. The van der Waals surface area contributed by atoms with Crippen molar-refractivity contribution in [3.63, 3.8) is 0 Å². The van der Waals surface area contributed by atoms with Crippen LogP contribution in [0.15, 0.2) is 18.2 Å². The minimum atomic E-state index is -0.846. The second kappa shape index (κ2) is 13.4. The highest BCUT2D eigenvalue weighted by molar-refractivity contribution is 5.92. The first-order valence-corrected chi connectivity index (χ1v) is 12.5. The molecule has 0 aliphatic rings. The maximum Gasteiger partial charge on any atom is 0.408 e. The van der Waals surface area contributed by atoms with Crippen molar-refractivity contribution in [1.82, 2.24) is 15.5 Å². The van der Waals surface area contributed by atoms with E-state index in [0.717, 1.165) is 42.4 Å². The number of nitrogens with zero attached hydrogens (tertiary/aromatic N) is 1. The van der Waals surface area contributed by atoms with Gasteiger partial charge in [-0.3, -0.25) is 9.59 Å². The number of hydrogen-bond acceptors (Lipinski definition) is 4. The third kappa shape index (κ3) is 9.74. The Bertz CT molecular complexity index is 811. The molecular formula is C27H45N3O4. The summed E-state index contributed by atoms with van der Waals surface area (Å²) in [6, 6.07) is 4.32. The highest BCUT2D eigenvalue weighted by Crippen LogP contribution is 2.26. The van der Waals surface area contributed by atoms with E-state index >= 15 is 0 Å². The Kier molecular flexibility index (Phi) is 11.6. The molecule has 1 rings (SSSR count). The van der Waals surface area contributed by atoms with Crippen molar-refractivity contribution < 1.29 is 19.1 Å². The summed E-state index contributed by atoms with van der Waals surface area (Å²) in [5.74, 6) is -0.526. The molecule has 3 unspecified atom stereocenters. The smallest absolute Gasteiger partial charge is 0.408 e. The van der Waals surface area contributed by atoms with E-state index in [1.165, 1.54) is 0 Å². The molecule has 0 heterocycles. The fourth-order valence-electron chi connectivity index (χ4n) is 3.96. The molecule has 3 amide bonds. The Morgan fingerprint density at radius 2 is 1.56 bits per heavy atom. The zero-order valence-corrected chi connectivity index (χ0v) is 22.6. The predicted octanol–water partition coefficient (Wildman–Crippen LogP) is 5.19. The van der Waals surface area contributed by atoms with Crippen molar-refractivity contribution in [2.24, 2.45) is 0 Å². The van der Waals surface area contributed by atoms with E-state index in [1.54, 1.807) is 32.6 Å². The molecule has 1 aromatic rings. The molecule has 0 aliphatic heterocycles. The van der Waals surface area contributed by atoms with Crippen LogP contribution >= 0.6 is 0 Å². The van der Waals surface area contributed by atoms with E-state index in [1.807, 2.05) is 45.9 Å². The summed E-state index contributed by atoms with van der Waals surface area (Å²) >= 11 is 0. The third-order valence-electron chi connectivity index (χ3n) is 5.37. The first-order chi connectivity index (χ1) is 15.8. The standard InChI is InChI=1S/C27H45N3O4/c1-10-12-14-30(25(32)21(6)29-26(33)34-27(7,8)9)23(24(31)28-20(5)13-11-2)22-16-18(3)15-19(4)17-22/h15-17,20-21,23H,10-14H2,1-9H3,(H,28,31)(H,29,33). The van der Waals surface area contributed by atoms with Crippen LogP contribution in [0.2, 0.25) is 0 Å². The van der Waals surface area contributed by atoms with E-state index in [0.29, 0.717) is 6.54 Å². The van der Waals surface area contributed by atoms with Crippen LogP contribution in [0.5, 0.6) is 0 Å². The number of nitrogens with one attached hydrogen (secondary N) is 2. The molecule has 34 heavy (non-hydrogen) atoms. The number of rotatable bonds is 11. The quantitative estimate of drug-likeness (QED) is 0.461. The number of alkyl carbamates (subject to hydrolysis) is 1. The number of carbonyl (C=O) groups excluding carboxylic acids is 3. The average Bonchev–Trinajstić information content (AvgIpc) is 2.68. The first kappa shape index (κ1) is 29.5. The van der Waals surface area contributed by atoms with Crippen molar-refractivity contribution in [1.29, 1.82) is 0 Å². The van der Waals surface area contributed by atoms with Crippen molar-refractivity contribution in [2.75, 3.05) is 6.54 Å². The number of carbonyl (C=O) groups is 3. The van der Waals surface area contributed by atoms with Crippen LogP contribution in [0, 0.1) is 13.8 Å². The lowest BCUT2D eigenvalue weighted by Gasteiger charge is -2.34. The van der Waals surface area contributed by atoms with Crippen molar-refractivity contribution >= 4 is 17.9 Å². The highest BCUT2D eigenvalue weighted by atomic mass is 16.6. The molecule has 0 saturated heterocycles. The summed E-state index contributed by atoms with van der Waals surface area (Å²) < 4.78 is 5.32. The van der Waals surface area contributed by atoms with Crippen molar-refractivity contribution in [2.45, 2.75) is 112 Å². The van der Waals surface area contributed by atoms with E-state index < -0.39 is 23.8 Å². The van der Waals surface area contributed by atoms with Gasteiger partial charge in [0.1, 0.15) is 17.7 Å². The van der Waals surface area contributed by atoms with E-state index in [2.05, 4.69) is 17.6 Å². The molecule has 0 saturated carbocycles. The zero-order valence-electron chi connectivity index (χ0n) is 22.6. The molecule has 0 bridgehead atoms. The molecule has 0 fully saturated rings. The topological polar surface area (TPSA) is 87.7 Å². The van der Waals surface area contributed by atoms with Crippen LogP contribution in [0.3, 0.4) is 0 Å². The number of aryl methyl sites for hydroxylation is 2. The number of hydrogen-bond donors (Lipinski definition) is 2. The van der Waals surface area contributed by atoms with Crippen LogP contribution in [-0.2, 0) is 14.3 Å². The normalized spacial score (nSPS) is 14.0. The number of ether oxygens (including phenoxy) is 1. The van der Waals surface area contributed by atoms with Gasteiger partial charge in [-0.1, -0.05) is 56.0 Å². The van der Waals surface area contributed by atoms with Crippen LogP contribution in [0.1, 0.15) is 96.9 Å². The van der Waals surface area contributed by atoms with Gasteiger partial charge in [-0.05, 0) is 66.9 Å². The van der Waals surface area contributed by atoms with Crippen molar-refractivity contribution in [3.8, 4) is 0 Å². The summed E-state index contributed by atoms with van der Waals surface area (Å²) in [4.78, 5) is 41.1. The molecule has 0 aliphatic carbocycles. The van der Waals surface area contributed by atoms with Crippen LogP contribution in [0.4, 0.5) is 4.79 Å². The summed E-state index contributed by atoms with van der Waals surface area (Å²) in [7, 11) is 0. The molecule has 0 radical (unpaired) electrons. The Hall–Kier alpha value is -2.57. The molecule has 1 aromatic carbocycles. The zero-order chi connectivity index (χ0) is 26.1. The predicted molar refractivity (Wildman–Crippen MR) is 137 cm³/mol. The van der Waals surface area contributed by atoms with E-state index in [9.17, 15) is 14.4 Å². The van der Waals surface area contributed by atoms with Gasteiger partial charge in [-0.15, -0.1) is 0 Å². The Labute approximate surface area is 206 Å². The Morgan fingerprint density at radius 3 is 2.06 bits per heavy atom. The van der Waals surface area contributed by atoms with Gasteiger partial charge in [0.05, 0.1) is 0 Å². The van der Waals surface area contributed by atoms with Gasteiger partial charge in [0, 0.05) is 12.6 Å². The molecule has 7 nitrogen and oxygen atoms in total. The summed E-state index contributed by atoms with van der Waals surface area (Å²) in [6.07, 6.45) is 2.75. The molecular weight excluding hydrogens is 430 g/mol. The lowest BCUT2D eigenvalue weighted by Crippen LogP contribution is -2.52. The SMILES string of the molecule is CCCCN(C(=O)C(C)NC(=O)OC(C)(C)C)C(C(=O)NC(C)CCC)c1cc(C)cc(C)c1. The summed E-state index contributed by atoms with van der Waals surface area (Å²) in [5, 5.41) is 5.73. The number of amides is 3. The van der Waals surface area contributed by atoms with Gasteiger partial charge < -0.3 is 20.3 Å². The third-order valence-corrected chi connectivity index (χ3v) is 5.37. The second-order valence-electron chi connectivity index (χ2n) is 10.3. The van der Waals surface area contributed by atoms with Crippen LogP contribution in [-0.4, -0.2) is 47.0 Å².